The van der Waals surface area contributed by atoms with Gasteiger partial charge in [-0.2, -0.15) is 11.8 Å². The zero-order valence-electron chi connectivity index (χ0n) is 11.7. The van der Waals surface area contributed by atoms with Crippen LogP contribution in [0.1, 0.15) is 34.3 Å². The van der Waals surface area contributed by atoms with E-state index in [1.54, 1.807) is 23.1 Å². The Hall–Kier alpha value is -1.69. The average Bonchev–Trinajstić information content (AvgIpc) is 3.12. The van der Waals surface area contributed by atoms with E-state index in [2.05, 4.69) is 5.32 Å². The third kappa shape index (κ3) is 3.15. The summed E-state index contributed by atoms with van der Waals surface area (Å²) in [6.07, 6.45) is 2.41. The van der Waals surface area contributed by atoms with Crippen molar-refractivity contribution >= 4 is 23.8 Å². The Morgan fingerprint density at radius 2 is 2.14 bits per heavy atom. The number of carbonyl (C=O) groups is 2. The number of nitrogens with zero attached hydrogens (tertiary/aromatic N) is 1. The molecule has 1 fully saturated rings. The Bertz CT molecular complexity index is 570. The van der Waals surface area contributed by atoms with Crippen LogP contribution in [0.4, 0.5) is 4.79 Å². The number of amides is 2. The lowest BCUT2D eigenvalue weighted by Crippen LogP contribution is -2.39. The van der Waals surface area contributed by atoms with Crippen LogP contribution in [0.25, 0.3) is 0 Å². The third-order valence-electron chi connectivity index (χ3n) is 3.97. The molecule has 2 aliphatic rings. The van der Waals surface area contributed by atoms with Gasteiger partial charge < -0.3 is 15.3 Å². The summed E-state index contributed by atoms with van der Waals surface area (Å²) >= 11 is 1.92. The molecule has 0 saturated carbocycles. The first-order valence-corrected chi connectivity index (χ1v) is 8.18. The Kier molecular flexibility index (Phi) is 4.05. The number of thioether (sulfide) groups is 1. The van der Waals surface area contributed by atoms with Gasteiger partial charge in [0.05, 0.1) is 5.56 Å². The monoisotopic (exact) mass is 306 g/mol. The molecule has 0 bridgehead atoms. The molecule has 2 amide bonds. The van der Waals surface area contributed by atoms with Crippen molar-refractivity contribution in [3.8, 4) is 0 Å². The molecule has 3 rings (SSSR count). The first-order chi connectivity index (χ1) is 10.1. The van der Waals surface area contributed by atoms with Gasteiger partial charge in [-0.1, -0.05) is 6.07 Å². The van der Waals surface area contributed by atoms with Crippen molar-refractivity contribution in [2.75, 3.05) is 12.3 Å². The fourth-order valence-corrected chi connectivity index (χ4v) is 3.99. The van der Waals surface area contributed by atoms with Crippen molar-refractivity contribution in [1.82, 2.24) is 10.2 Å². The number of benzene rings is 1. The molecule has 1 aromatic rings. The molecule has 5 nitrogen and oxygen atoms in total. The highest BCUT2D eigenvalue weighted by molar-refractivity contribution is 8.00. The number of hydrogen-bond donors (Lipinski definition) is 2. The van der Waals surface area contributed by atoms with Crippen molar-refractivity contribution < 1.29 is 14.7 Å². The van der Waals surface area contributed by atoms with Crippen molar-refractivity contribution in [2.24, 2.45) is 0 Å². The van der Waals surface area contributed by atoms with Gasteiger partial charge >= 0.3 is 12.0 Å². The summed E-state index contributed by atoms with van der Waals surface area (Å²) in [7, 11) is 0. The number of carboxylic acid groups (broad SMARTS) is 1. The molecule has 0 spiro atoms. The number of carbonyl (C=O) groups excluding carboxylic acids is 1. The molecule has 1 saturated heterocycles. The molecule has 112 valence electrons. The lowest BCUT2D eigenvalue weighted by atomic mass is 10.1. The molecule has 0 aliphatic carbocycles. The summed E-state index contributed by atoms with van der Waals surface area (Å²) in [6, 6.07) is 5.00. The number of rotatable bonds is 3. The molecular formula is C15H18N2O3S. The molecule has 0 aromatic heterocycles. The number of nitrogens with one attached hydrogen (secondary N) is 1. The van der Waals surface area contributed by atoms with Gasteiger partial charge in [0.1, 0.15) is 0 Å². The minimum Gasteiger partial charge on any atom is -0.478 e. The Morgan fingerprint density at radius 1 is 1.33 bits per heavy atom. The number of fused-ring (bicyclic) bond motifs is 1. The van der Waals surface area contributed by atoms with E-state index in [0.29, 0.717) is 18.3 Å². The summed E-state index contributed by atoms with van der Waals surface area (Å²) in [6.45, 7) is 1.76. The van der Waals surface area contributed by atoms with Crippen LogP contribution in [-0.4, -0.2) is 39.6 Å². The Morgan fingerprint density at radius 3 is 2.86 bits per heavy atom. The van der Waals surface area contributed by atoms with Crippen LogP contribution in [0.2, 0.25) is 0 Å². The highest BCUT2D eigenvalue weighted by Crippen LogP contribution is 2.26. The first-order valence-electron chi connectivity index (χ1n) is 7.13. The standard InChI is InChI=1S/C15H18N2O3S/c18-14(19)10-3-4-11-8-17(9-12(11)6-10)15(20)16-7-13-2-1-5-21-13/h3-4,6,13H,1-2,5,7-9H2,(H,16,20)(H,18,19). The van der Waals surface area contributed by atoms with Gasteiger partial charge in [-0.05, 0) is 41.9 Å². The Labute approximate surface area is 127 Å². The van der Waals surface area contributed by atoms with Crippen molar-refractivity contribution in [1.29, 1.82) is 0 Å². The minimum atomic E-state index is -0.932. The molecule has 2 aliphatic heterocycles. The number of urea groups is 1. The van der Waals surface area contributed by atoms with Gasteiger partial charge in [0.15, 0.2) is 0 Å². The van der Waals surface area contributed by atoms with Crippen molar-refractivity contribution in [3.05, 3.63) is 34.9 Å². The normalized spacial score (nSPS) is 20.4. The fourth-order valence-electron chi connectivity index (χ4n) is 2.79. The second-order valence-corrected chi connectivity index (χ2v) is 6.87. The van der Waals surface area contributed by atoms with Crippen LogP contribution < -0.4 is 5.32 Å². The first kappa shape index (κ1) is 14.3. The van der Waals surface area contributed by atoms with E-state index in [1.807, 2.05) is 11.8 Å². The largest absolute Gasteiger partial charge is 0.478 e. The molecular weight excluding hydrogens is 288 g/mol. The maximum absolute atomic E-state index is 12.2. The van der Waals surface area contributed by atoms with Gasteiger partial charge in [0.25, 0.3) is 0 Å². The molecule has 6 heteroatoms. The van der Waals surface area contributed by atoms with E-state index in [-0.39, 0.29) is 11.6 Å². The summed E-state index contributed by atoms with van der Waals surface area (Å²) < 4.78 is 0. The number of carboxylic acids is 1. The molecule has 1 aromatic carbocycles. The highest BCUT2D eigenvalue weighted by Gasteiger charge is 2.25. The number of hydrogen-bond acceptors (Lipinski definition) is 3. The van der Waals surface area contributed by atoms with Crippen LogP contribution in [0.15, 0.2) is 18.2 Å². The summed E-state index contributed by atoms with van der Waals surface area (Å²) in [4.78, 5) is 24.9. The second-order valence-electron chi connectivity index (χ2n) is 5.47. The smallest absolute Gasteiger partial charge is 0.335 e. The quantitative estimate of drug-likeness (QED) is 0.899. The molecule has 1 atom stereocenters. The summed E-state index contributed by atoms with van der Waals surface area (Å²) in [5.41, 5.74) is 2.24. The highest BCUT2D eigenvalue weighted by atomic mass is 32.2. The van der Waals surface area contributed by atoms with Crippen LogP contribution in [-0.2, 0) is 13.1 Å². The van der Waals surface area contributed by atoms with Gasteiger partial charge in [0, 0.05) is 24.9 Å². The second kappa shape index (κ2) is 5.97. The average molecular weight is 306 g/mol. The van der Waals surface area contributed by atoms with E-state index < -0.39 is 5.97 Å². The minimum absolute atomic E-state index is 0.0597. The number of aromatic carboxylic acids is 1. The molecule has 0 radical (unpaired) electrons. The van der Waals surface area contributed by atoms with Crippen LogP contribution in [0.5, 0.6) is 0 Å². The Balaban J connectivity index is 1.58. The fraction of sp³-hybridized carbons (Fsp3) is 0.467. The predicted octanol–water partition coefficient (Wildman–Crippen LogP) is 2.31. The summed E-state index contributed by atoms with van der Waals surface area (Å²) in [5, 5.41) is 12.5. The molecule has 21 heavy (non-hydrogen) atoms. The van der Waals surface area contributed by atoms with Gasteiger partial charge in [-0.15, -0.1) is 0 Å². The molecule has 2 heterocycles. The van der Waals surface area contributed by atoms with Crippen molar-refractivity contribution in [3.63, 3.8) is 0 Å². The zero-order valence-corrected chi connectivity index (χ0v) is 12.5. The topological polar surface area (TPSA) is 69.6 Å². The van der Waals surface area contributed by atoms with Crippen LogP contribution in [0, 0.1) is 0 Å². The van der Waals surface area contributed by atoms with Crippen LogP contribution >= 0.6 is 11.8 Å². The maximum Gasteiger partial charge on any atom is 0.335 e. The third-order valence-corrected chi connectivity index (χ3v) is 5.37. The van der Waals surface area contributed by atoms with Crippen LogP contribution in [0.3, 0.4) is 0 Å². The lowest BCUT2D eigenvalue weighted by Gasteiger charge is -2.18. The van der Waals surface area contributed by atoms with E-state index >= 15 is 0 Å². The molecule has 1 unspecified atom stereocenters. The van der Waals surface area contributed by atoms with Gasteiger partial charge in [-0.25, -0.2) is 9.59 Å². The zero-order chi connectivity index (χ0) is 14.8. The predicted molar refractivity (Wildman–Crippen MR) is 81.5 cm³/mol. The maximum atomic E-state index is 12.2. The van der Waals surface area contributed by atoms with E-state index in [9.17, 15) is 9.59 Å². The SMILES string of the molecule is O=C(O)c1ccc2c(c1)CN(C(=O)NCC1CCCS1)C2. The van der Waals surface area contributed by atoms with E-state index in [4.69, 9.17) is 5.11 Å². The summed E-state index contributed by atoms with van der Waals surface area (Å²) in [5.74, 6) is 0.257. The van der Waals surface area contributed by atoms with Crippen molar-refractivity contribution in [2.45, 2.75) is 31.2 Å². The lowest BCUT2D eigenvalue weighted by molar-refractivity contribution is 0.0696. The van der Waals surface area contributed by atoms with E-state index in [1.165, 1.54) is 18.6 Å². The van der Waals surface area contributed by atoms with Gasteiger partial charge in [-0.3, -0.25) is 0 Å². The van der Waals surface area contributed by atoms with E-state index in [0.717, 1.165) is 17.7 Å². The molecule has 2 N–H and O–H groups in total. The van der Waals surface area contributed by atoms with Gasteiger partial charge in [0.2, 0.25) is 0 Å².